The van der Waals surface area contributed by atoms with E-state index in [9.17, 15) is 19.5 Å². The number of hydrogen-bond acceptors (Lipinski definition) is 5. The number of Topliss-reactive ketones (excluding diaryl/α,β-unsaturated/α-hetero) is 1. The number of amides is 1. The smallest absolute Gasteiger partial charge is 0.303 e. The van der Waals surface area contributed by atoms with Gasteiger partial charge in [0, 0.05) is 18.5 Å². The first-order chi connectivity index (χ1) is 14.3. The number of nitrogens with zero attached hydrogens (tertiary/aromatic N) is 1. The minimum absolute atomic E-state index is 0.00987. The highest BCUT2D eigenvalue weighted by molar-refractivity contribution is 6.46. The van der Waals surface area contributed by atoms with Crippen molar-refractivity contribution in [1.82, 2.24) is 4.90 Å². The van der Waals surface area contributed by atoms with Crippen LogP contribution in [0.15, 0.2) is 54.1 Å². The van der Waals surface area contributed by atoms with Crippen LogP contribution in [0.25, 0.3) is 5.76 Å². The van der Waals surface area contributed by atoms with E-state index in [-0.39, 0.29) is 30.7 Å². The summed E-state index contributed by atoms with van der Waals surface area (Å²) in [5.74, 6) is -2.17. The van der Waals surface area contributed by atoms with E-state index in [2.05, 4.69) is 0 Å². The normalized spacial score (nSPS) is 17.9. The molecule has 0 saturated carbocycles. The number of carbonyl (C=O) groups is 3. The van der Waals surface area contributed by atoms with Crippen LogP contribution in [-0.2, 0) is 14.4 Å². The van der Waals surface area contributed by atoms with Crippen molar-refractivity contribution in [3.8, 4) is 5.75 Å². The van der Waals surface area contributed by atoms with Gasteiger partial charge in [0.25, 0.3) is 11.7 Å². The van der Waals surface area contributed by atoms with Crippen molar-refractivity contribution in [2.24, 2.45) is 0 Å². The van der Waals surface area contributed by atoms with Gasteiger partial charge in [0.2, 0.25) is 0 Å². The molecule has 0 spiro atoms. The molecule has 7 nitrogen and oxygen atoms in total. The number of aliphatic hydroxyl groups is 1. The van der Waals surface area contributed by atoms with Crippen LogP contribution < -0.4 is 4.74 Å². The molecule has 0 aromatic heterocycles. The number of carbonyl (C=O) groups excluding carboxylic acids is 2. The van der Waals surface area contributed by atoms with E-state index >= 15 is 0 Å². The Balaban J connectivity index is 2.08. The zero-order chi connectivity index (χ0) is 21.8. The minimum atomic E-state index is -0.979. The molecule has 0 unspecified atom stereocenters. The van der Waals surface area contributed by atoms with Gasteiger partial charge in [-0.15, -0.1) is 0 Å². The number of aryl methyl sites for hydroxylation is 1. The number of methoxy groups -OCH3 is 1. The minimum Gasteiger partial charge on any atom is -0.507 e. The molecule has 1 heterocycles. The highest BCUT2D eigenvalue weighted by Gasteiger charge is 2.45. The molecule has 0 bridgehead atoms. The van der Waals surface area contributed by atoms with Gasteiger partial charge in [-0.25, -0.2) is 0 Å². The Bertz CT molecular complexity index is 991. The number of carboxylic acids is 1. The van der Waals surface area contributed by atoms with Gasteiger partial charge in [0.1, 0.15) is 11.5 Å². The van der Waals surface area contributed by atoms with Crippen molar-refractivity contribution in [1.29, 1.82) is 0 Å². The average molecular weight is 409 g/mol. The van der Waals surface area contributed by atoms with E-state index in [1.807, 2.05) is 6.92 Å². The Morgan fingerprint density at radius 2 is 1.67 bits per heavy atom. The molecule has 1 aliphatic heterocycles. The van der Waals surface area contributed by atoms with Crippen molar-refractivity contribution < 1.29 is 29.3 Å². The van der Waals surface area contributed by atoms with Gasteiger partial charge in [0.05, 0.1) is 18.7 Å². The lowest BCUT2D eigenvalue weighted by Gasteiger charge is -2.25. The Kier molecular flexibility index (Phi) is 6.20. The first-order valence-electron chi connectivity index (χ1n) is 9.54. The number of carboxylic acid groups (broad SMARTS) is 1. The fourth-order valence-electron chi connectivity index (χ4n) is 3.51. The third kappa shape index (κ3) is 4.20. The van der Waals surface area contributed by atoms with Gasteiger partial charge in [-0.3, -0.25) is 14.4 Å². The zero-order valence-corrected chi connectivity index (χ0v) is 16.8. The van der Waals surface area contributed by atoms with E-state index in [1.165, 1.54) is 12.0 Å². The molecule has 1 atom stereocenters. The van der Waals surface area contributed by atoms with Crippen LogP contribution >= 0.6 is 0 Å². The topological polar surface area (TPSA) is 104 Å². The Hall–Kier alpha value is -3.61. The molecule has 7 heteroatoms. The summed E-state index contributed by atoms with van der Waals surface area (Å²) in [5, 5.41) is 19.8. The monoisotopic (exact) mass is 409 g/mol. The lowest BCUT2D eigenvalue weighted by atomic mass is 9.95. The summed E-state index contributed by atoms with van der Waals surface area (Å²) in [7, 11) is 1.53. The number of ether oxygens (including phenoxy) is 1. The molecule has 0 radical (unpaired) electrons. The fraction of sp³-hybridized carbons (Fsp3) is 0.261. The number of aliphatic carboxylic acids is 1. The highest BCUT2D eigenvalue weighted by atomic mass is 16.5. The van der Waals surface area contributed by atoms with Crippen molar-refractivity contribution in [3.05, 3.63) is 70.8 Å². The lowest BCUT2D eigenvalue weighted by molar-refractivity contribution is -0.140. The van der Waals surface area contributed by atoms with Crippen LogP contribution in [-0.4, -0.2) is 46.4 Å². The first kappa shape index (κ1) is 21.1. The quantitative estimate of drug-likeness (QED) is 0.413. The van der Waals surface area contributed by atoms with E-state index < -0.39 is 23.7 Å². The molecular weight excluding hydrogens is 386 g/mol. The van der Waals surface area contributed by atoms with Gasteiger partial charge >= 0.3 is 5.97 Å². The maximum atomic E-state index is 12.9. The molecule has 0 aliphatic carbocycles. The van der Waals surface area contributed by atoms with Gasteiger partial charge in [0.15, 0.2) is 0 Å². The predicted octanol–water partition coefficient (Wildman–Crippen LogP) is 3.29. The number of rotatable bonds is 7. The lowest BCUT2D eigenvalue weighted by Crippen LogP contribution is -2.31. The van der Waals surface area contributed by atoms with Crippen LogP contribution in [0.5, 0.6) is 5.75 Å². The molecule has 1 saturated heterocycles. The maximum absolute atomic E-state index is 12.9. The van der Waals surface area contributed by atoms with Crippen LogP contribution in [0.2, 0.25) is 0 Å². The summed E-state index contributed by atoms with van der Waals surface area (Å²) in [6, 6.07) is 13.0. The molecule has 156 valence electrons. The standard InChI is InChI=1S/C23H23NO6/c1-14-5-7-16(8-6-14)21(27)19-20(15-9-11-17(30-2)12-10-15)24(23(29)22(19)28)13-3-4-18(25)26/h5-12,20,27H,3-4,13H2,1-2H3,(H,25,26)/b21-19+/t20-/m1/s1. The van der Waals surface area contributed by atoms with Crippen molar-refractivity contribution >= 4 is 23.4 Å². The second-order valence-electron chi connectivity index (χ2n) is 7.13. The molecule has 30 heavy (non-hydrogen) atoms. The summed E-state index contributed by atoms with van der Waals surface area (Å²) in [6.45, 7) is 1.99. The maximum Gasteiger partial charge on any atom is 0.303 e. The number of likely N-dealkylation sites (tertiary alicyclic amines) is 1. The molecule has 1 aliphatic rings. The van der Waals surface area contributed by atoms with E-state index in [1.54, 1.807) is 48.5 Å². The number of hydrogen-bond donors (Lipinski definition) is 2. The van der Waals surface area contributed by atoms with Gasteiger partial charge in [-0.05, 0) is 31.0 Å². The molecule has 1 amide bonds. The predicted molar refractivity (Wildman–Crippen MR) is 110 cm³/mol. The molecular formula is C23H23NO6. The summed E-state index contributed by atoms with van der Waals surface area (Å²) < 4.78 is 5.17. The highest BCUT2D eigenvalue weighted by Crippen LogP contribution is 2.40. The summed E-state index contributed by atoms with van der Waals surface area (Å²) in [6.07, 6.45) is 0.0654. The van der Waals surface area contributed by atoms with Crippen LogP contribution in [0.1, 0.15) is 35.6 Å². The van der Waals surface area contributed by atoms with Gasteiger partial charge in [-0.2, -0.15) is 0 Å². The largest absolute Gasteiger partial charge is 0.507 e. The Morgan fingerprint density at radius 1 is 1.03 bits per heavy atom. The molecule has 2 aromatic rings. The van der Waals surface area contributed by atoms with Crippen molar-refractivity contribution in [2.45, 2.75) is 25.8 Å². The second kappa shape index (κ2) is 8.82. The van der Waals surface area contributed by atoms with Crippen LogP contribution in [0, 0.1) is 6.92 Å². The average Bonchev–Trinajstić information content (AvgIpc) is 2.98. The summed E-state index contributed by atoms with van der Waals surface area (Å²) >= 11 is 0. The zero-order valence-electron chi connectivity index (χ0n) is 16.8. The van der Waals surface area contributed by atoms with Gasteiger partial charge in [-0.1, -0.05) is 42.0 Å². The number of benzene rings is 2. The first-order valence-corrected chi connectivity index (χ1v) is 9.54. The SMILES string of the molecule is COc1ccc([C@@H]2/C(=C(\O)c3ccc(C)cc3)C(=O)C(=O)N2CCCC(=O)O)cc1. The van der Waals surface area contributed by atoms with Crippen LogP contribution in [0.3, 0.4) is 0 Å². The van der Waals surface area contributed by atoms with Crippen molar-refractivity contribution in [3.63, 3.8) is 0 Å². The van der Waals surface area contributed by atoms with Gasteiger partial charge < -0.3 is 19.8 Å². The van der Waals surface area contributed by atoms with E-state index in [4.69, 9.17) is 9.84 Å². The van der Waals surface area contributed by atoms with Crippen molar-refractivity contribution in [2.75, 3.05) is 13.7 Å². The summed E-state index contributed by atoms with van der Waals surface area (Å²) in [4.78, 5) is 37.8. The fourth-order valence-corrected chi connectivity index (χ4v) is 3.51. The Morgan fingerprint density at radius 3 is 2.23 bits per heavy atom. The number of ketones is 1. The third-order valence-corrected chi connectivity index (χ3v) is 5.09. The molecule has 2 aromatic carbocycles. The molecule has 1 fully saturated rings. The van der Waals surface area contributed by atoms with E-state index in [0.717, 1.165) is 5.56 Å². The second-order valence-corrected chi connectivity index (χ2v) is 7.13. The molecule has 3 rings (SSSR count). The summed E-state index contributed by atoms with van der Waals surface area (Å²) in [5.41, 5.74) is 2.04. The number of aliphatic hydroxyl groups excluding tert-OH is 1. The third-order valence-electron chi connectivity index (χ3n) is 5.09. The Labute approximate surface area is 174 Å². The molecule has 2 N–H and O–H groups in total. The van der Waals surface area contributed by atoms with E-state index in [0.29, 0.717) is 16.9 Å². The van der Waals surface area contributed by atoms with Crippen LogP contribution in [0.4, 0.5) is 0 Å².